The average Bonchev–Trinajstić information content (AvgIpc) is 3.38. The first-order valence-corrected chi connectivity index (χ1v) is 18.5. The number of aryl methyl sites for hydroxylation is 2. The van der Waals surface area contributed by atoms with Gasteiger partial charge in [0, 0.05) is 6.20 Å². The molecule has 3 heterocycles. The molecule has 0 saturated carbocycles. The molecule has 4 aromatic carbocycles. The van der Waals surface area contributed by atoms with Crippen molar-refractivity contribution in [3.8, 4) is 17.2 Å². The zero-order chi connectivity index (χ0) is 35.5. The van der Waals surface area contributed by atoms with Crippen molar-refractivity contribution in [3.05, 3.63) is 129 Å². The summed E-state index contributed by atoms with van der Waals surface area (Å²) >= 11 is 2.38. The molecule has 0 unspecified atom stereocenters. The van der Waals surface area contributed by atoms with E-state index in [1.807, 2.05) is 24.4 Å². The summed E-state index contributed by atoms with van der Waals surface area (Å²) in [5, 5.41) is 0. The van der Waals surface area contributed by atoms with E-state index in [0.29, 0.717) is 11.5 Å². The normalized spacial score (nSPS) is 17.7. The van der Waals surface area contributed by atoms with Crippen LogP contribution in [0.5, 0.6) is 11.5 Å². The van der Waals surface area contributed by atoms with E-state index >= 15 is 0 Å². The maximum absolute atomic E-state index is 6.65. The fraction of sp³-hybridized carbons (Fsp3) is 0.318. The molecule has 0 radical (unpaired) electrons. The van der Waals surface area contributed by atoms with Crippen molar-refractivity contribution in [2.45, 2.75) is 78.6 Å². The van der Waals surface area contributed by atoms with Crippen molar-refractivity contribution < 1.29 is 24.1 Å². The molecule has 5 nitrogen and oxygen atoms in total. The van der Waals surface area contributed by atoms with Crippen LogP contribution in [0.15, 0.2) is 85.1 Å². The van der Waals surface area contributed by atoms with Crippen LogP contribution in [0.2, 0.25) is 0 Å². The van der Waals surface area contributed by atoms with Crippen molar-refractivity contribution in [1.82, 2.24) is 14.1 Å². The minimum atomic E-state index is -0.282. The monoisotopic (exact) mass is 839 g/mol. The molecule has 0 amide bonds. The van der Waals surface area contributed by atoms with Gasteiger partial charge in [0.15, 0.2) is 0 Å². The van der Waals surface area contributed by atoms with Gasteiger partial charge in [0.2, 0.25) is 0 Å². The Labute approximate surface area is 307 Å². The van der Waals surface area contributed by atoms with Crippen LogP contribution in [-0.4, -0.2) is 14.1 Å². The number of para-hydroxylation sites is 2. The Bertz CT molecular complexity index is 2430. The molecule has 1 aliphatic carbocycles. The van der Waals surface area contributed by atoms with Crippen molar-refractivity contribution in [2.75, 3.05) is 4.90 Å². The third-order valence-electron chi connectivity index (χ3n) is 12.5. The molecule has 6 aromatic rings. The number of ether oxygens (including phenoxy) is 1. The Morgan fingerprint density at radius 3 is 2.14 bits per heavy atom. The number of imidazole rings is 1. The van der Waals surface area contributed by atoms with E-state index in [4.69, 9.17) is 9.72 Å². The van der Waals surface area contributed by atoms with Crippen LogP contribution in [0.3, 0.4) is 0 Å². The van der Waals surface area contributed by atoms with Gasteiger partial charge in [-0.3, -0.25) is 0 Å². The number of pyridine rings is 1. The number of aromatic nitrogens is 3. The van der Waals surface area contributed by atoms with E-state index in [9.17, 15) is 0 Å². The van der Waals surface area contributed by atoms with Crippen LogP contribution in [0.1, 0.15) is 83.2 Å². The molecule has 8 rings (SSSR count). The van der Waals surface area contributed by atoms with Crippen molar-refractivity contribution in [1.29, 1.82) is 0 Å². The number of rotatable bonds is 4. The minimum Gasteiger partial charge on any atom is -0.0582 e. The van der Waals surface area contributed by atoms with E-state index < -0.39 is 0 Å². The summed E-state index contributed by atoms with van der Waals surface area (Å²) < 4.78 is 12.2. The quantitative estimate of drug-likeness (QED) is 0.166. The molecule has 1 aliphatic heterocycles. The molecule has 0 spiro atoms. The van der Waals surface area contributed by atoms with Crippen LogP contribution in [0.4, 0.5) is 17.2 Å². The SMILES string of the molecule is Cc1ccnc(N2c3[c-]c(Oc4[c-]c(-n5[c](=[Pt])n(C)c6ccccc65)ccc4)ccc3C(C)(C)c3ccc4c(c32)C(C)(C)C(C)(C)C4(C)C)c1. The smallest absolute Gasteiger partial charge is 0.0582 e. The molecule has 50 heavy (non-hydrogen) atoms. The number of fused-ring (bicyclic) bond motifs is 5. The number of benzene rings is 4. The van der Waals surface area contributed by atoms with Gasteiger partial charge in [0.1, 0.15) is 0 Å². The zero-order valence-corrected chi connectivity index (χ0v) is 32.9. The molecular weight excluding hydrogens is 796 g/mol. The second-order valence-electron chi connectivity index (χ2n) is 16.1. The summed E-state index contributed by atoms with van der Waals surface area (Å²) in [4.78, 5) is 7.37. The predicted octanol–water partition coefficient (Wildman–Crippen LogP) is 10.8. The summed E-state index contributed by atoms with van der Waals surface area (Å²) in [6, 6.07) is 35.1. The maximum atomic E-state index is 6.65. The summed E-state index contributed by atoms with van der Waals surface area (Å²) in [6.45, 7) is 21.3. The standard InChI is InChI=1S/C44H44N4O.Pt/c1-28-22-23-45-38(24-28)48-37-26-31(49-30-15-13-14-29(25-30)47-27-46(10)35-16-11-12-17-36(35)47)18-19-32(37)41(2,3)34-21-20-33-39(40(34)48)43(6,7)44(8,9)42(33,4)5;/h11-24H,1-10H3;/q-2;. The van der Waals surface area contributed by atoms with Crippen LogP contribution >= 0.6 is 0 Å². The van der Waals surface area contributed by atoms with Crippen LogP contribution < -0.4 is 9.64 Å². The predicted molar refractivity (Wildman–Crippen MR) is 199 cm³/mol. The first-order chi connectivity index (χ1) is 23.6. The summed E-state index contributed by atoms with van der Waals surface area (Å²) in [7, 11) is 2.09. The van der Waals surface area contributed by atoms with E-state index in [0.717, 1.165) is 37.6 Å². The topological polar surface area (TPSA) is 35.2 Å². The van der Waals surface area contributed by atoms with Gasteiger partial charge in [-0.2, -0.15) is 0 Å². The Balaban J connectivity index is 1.31. The van der Waals surface area contributed by atoms with E-state index in [-0.39, 0.29) is 21.7 Å². The van der Waals surface area contributed by atoms with Crippen molar-refractivity contribution in [3.63, 3.8) is 0 Å². The van der Waals surface area contributed by atoms with Gasteiger partial charge in [-0.15, -0.1) is 0 Å². The van der Waals surface area contributed by atoms with Crippen molar-refractivity contribution >= 4 is 28.2 Å². The number of anilines is 3. The van der Waals surface area contributed by atoms with Crippen LogP contribution in [-0.2, 0) is 42.6 Å². The number of hydrogen-bond donors (Lipinski definition) is 0. The van der Waals surface area contributed by atoms with Gasteiger partial charge >= 0.3 is 208 Å². The first-order valence-electron chi connectivity index (χ1n) is 17.4. The van der Waals surface area contributed by atoms with Gasteiger partial charge in [0.05, 0.1) is 0 Å². The molecule has 0 fully saturated rings. The molecule has 258 valence electrons. The van der Waals surface area contributed by atoms with Crippen LogP contribution in [0.25, 0.3) is 16.7 Å². The Morgan fingerprint density at radius 2 is 1.40 bits per heavy atom. The zero-order valence-electron chi connectivity index (χ0n) is 30.6. The van der Waals surface area contributed by atoms with Gasteiger partial charge in [-0.1, -0.05) is 53.7 Å². The molecule has 0 N–H and O–H groups in total. The Kier molecular flexibility index (Phi) is 7.18. The first kappa shape index (κ1) is 33.0. The Morgan fingerprint density at radius 1 is 0.720 bits per heavy atom. The third-order valence-corrected chi connectivity index (χ3v) is 13.8. The average molecular weight is 840 g/mol. The molecule has 0 saturated heterocycles. The van der Waals surface area contributed by atoms with E-state index in [2.05, 4.69) is 176 Å². The van der Waals surface area contributed by atoms with Gasteiger partial charge in [-0.05, 0) is 40.4 Å². The minimum absolute atomic E-state index is 0.00303. The van der Waals surface area contributed by atoms with Gasteiger partial charge in [-0.25, -0.2) is 0 Å². The molecular formula is C44H44N4OPt-2. The van der Waals surface area contributed by atoms with E-state index in [1.165, 1.54) is 27.9 Å². The molecule has 6 heteroatoms. The summed E-state index contributed by atoms with van der Waals surface area (Å²) in [5.41, 5.74) is 11.4. The fourth-order valence-electron chi connectivity index (χ4n) is 8.48. The second-order valence-corrected chi connectivity index (χ2v) is 17.1. The summed E-state index contributed by atoms with van der Waals surface area (Å²) in [6.07, 6.45) is 1.92. The number of hydrogen-bond acceptors (Lipinski definition) is 3. The van der Waals surface area contributed by atoms with Crippen LogP contribution in [0, 0.1) is 28.3 Å². The third kappa shape index (κ3) is 4.41. The molecule has 0 atom stereocenters. The fourth-order valence-corrected chi connectivity index (χ4v) is 9.30. The van der Waals surface area contributed by atoms with Gasteiger partial charge in [0.25, 0.3) is 0 Å². The molecule has 0 bridgehead atoms. The van der Waals surface area contributed by atoms with Gasteiger partial charge < -0.3 is 0 Å². The summed E-state index contributed by atoms with van der Waals surface area (Å²) in [5.74, 6) is 2.16. The molecule has 2 aromatic heterocycles. The van der Waals surface area contributed by atoms with Crippen molar-refractivity contribution in [2.24, 2.45) is 12.5 Å². The Hall–Kier alpha value is -4.21. The van der Waals surface area contributed by atoms with E-state index in [1.54, 1.807) is 0 Å². The molecule has 2 aliphatic rings. The number of nitrogens with zero attached hydrogens (tertiary/aromatic N) is 4. The second kappa shape index (κ2) is 10.9.